The van der Waals surface area contributed by atoms with Gasteiger partial charge in [-0.2, -0.15) is 0 Å². The highest BCUT2D eigenvalue weighted by Gasteiger charge is 2.16. The first-order chi connectivity index (χ1) is 12.3. The minimum atomic E-state index is 0. The molecule has 3 rings (SSSR count). The zero-order valence-corrected chi connectivity index (χ0v) is 18.6. The third kappa shape index (κ3) is 5.54. The maximum atomic E-state index is 4.48. The Balaban J connectivity index is 0.00000243. The fraction of sp³-hybridized carbons (Fsp3) is 0.400. The van der Waals surface area contributed by atoms with E-state index in [2.05, 4.69) is 63.5 Å². The molecule has 1 aromatic carbocycles. The summed E-state index contributed by atoms with van der Waals surface area (Å²) in [4.78, 5) is 12.6. The van der Waals surface area contributed by atoms with Gasteiger partial charge in [-0.05, 0) is 24.0 Å². The molecule has 0 radical (unpaired) electrons. The lowest BCUT2D eigenvalue weighted by Crippen LogP contribution is -2.44. The molecule has 140 valence electrons. The van der Waals surface area contributed by atoms with E-state index in [-0.39, 0.29) is 24.0 Å². The molecule has 0 spiro atoms. The number of thiazole rings is 1. The van der Waals surface area contributed by atoms with Gasteiger partial charge in [0, 0.05) is 44.2 Å². The fourth-order valence-corrected chi connectivity index (χ4v) is 3.88. The molecule has 26 heavy (non-hydrogen) atoms. The minimum absolute atomic E-state index is 0. The summed E-state index contributed by atoms with van der Waals surface area (Å²) in [6.45, 7) is 4.94. The van der Waals surface area contributed by atoms with Crippen LogP contribution in [0, 0.1) is 0 Å². The van der Waals surface area contributed by atoms with E-state index in [0.717, 1.165) is 44.9 Å². The highest BCUT2D eigenvalue weighted by molar-refractivity contribution is 14.0. The predicted molar refractivity (Wildman–Crippen MR) is 123 cm³/mol. The van der Waals surface area contributed by atoms with Crippen molar-refractivity contribution in [1.82, 2.24) is 15.2 Å². The Labute approximate surface area is 177 Å². The zero-order valence-electron chi connectivity index (χ0n) is 15.4. The standard InChI is InChI=1S/C20H26N4S.HI/c1-3-18-15-23-19(25-18)9-12-22-20(21-2)24-13-10-17(11-14-24)16-7-5-4-6-8-16;/h4-8,10,15H,3,9,11-14H2,1-2H3,(H,21,22);1H. The number of aromatic nitrogens is 1. The van der Waals surface area contributed by atoms with Crippen molar-refractivity contribution in [2.75, 3.05) is 26.7 Å². The van der Waals surface area contributed by atoms with Crippen LogP contribution in [0.2, 0.25) is 0 Å². The van der Waals surface area contributed by atoms with Crippen LogP contribution in [0.4, 0.5) is 0 Å². The second-order valence-electron chi connectivity index (χ2n) is 6.09. The topological polar surface area (TPSA) is 40.5 Å². The number of guanidine groups is 1. The number of nitrogens with zero attached hydrogens (tertiary/aromatic N) is 3. The third-order valence-electron chi connectivity index (χ3n) is 4.44. The quantitative estimate of drug-likeness (QED) is 0.394. The summed E-state index contributed by atoms with van der Waals surface area (Å²) < 4.78 is 0. The predicted octanol–water partition coefficient (Wildman–Crippen LogP) is 4.23. The van der Waals surface area contributed by atoms with E-state index in [9.17, 15) is 0 Å². The Morgan fingerprint density at radius 3 is 2.73 bits per heavy atom. The third-order valence-corrected chi connectivity index (χ3v) is 5.64. The molecular weight excluding hydrogens is 455 g/mol. The van der Waals surface area contributed by atoms with Crippen molar-refractivity contribution < 1.29 is 0 Å². The fourth-order valence-electron chi connectivity index (χ4n) is 3.02. The highest BCUT2D eigenvalue weighted by Crippen LogP contribution is 2.22. The number of halogens is 1. The number of nitrogens with one attached hydrogen (secondary N) is 1. The average Bonchev–Trinajstić information content (AvgIpc) is 3.14. The lowest BCUT2D eigenvalue weighted by molar-refractivity contribution is 0.440. The second-order valence-corrected chi connectivity index (χ2v) is 7.29. The SMILES string of the molecule is CCc1cnc(CCNC(=NC)N2CC=C(c3ccccc3)CC2)s1.I. The number of rotatable bonds is 5. The van der Waals surface area contributed by atoms with E-state index in [1.807, 2.05) is 24.6 Å². The number of hydrogen-bond donors (Lipinski definition) is 1. The van der Waals surface area contributed by atoms with Crippen LogP contribution in [0.1, 0.15) is 28.8 Å². The smallest absolute Gasteiger partial charge is 0.193 e. The van der Waals surface area contributed by atoms with E-state index >= 15 is 0 Å². The molecule has 0 fully saturated rings. The average molecular weight is 482 g/mol. The molecule has 0 saturated heterocycles. The van der Waals surface area contributed by atoms with Gasteiger partial charge in [-0.25, -0.2) is 4.98 Å². The lowest BCUT2D eigenvalue weighted by Gasteiger charge is -2.29. The summed E-state index contributed by atoms with van der Waals surface area (Å²) in [6, 6.07) is 10.6. The van der Waals surface area contributed by atoms with Gasteiger partial charge in [0.15, 0.2) is 5.96 Å². The molecule has 0 aliphatic carbocycles. The van der Waals surface area contributed by atoms with Gasteiger partial charge in [0.2, 0.25) is 0 Å². The normalized spacial score (nSPS) is 14.6. The van der Waals surface area contributed by atoms with Crippen LogP contribution in [-0.4, -0.2) is 42.5 Å². The van der Waals surface area contributed by atoms with Gasteiger partial charge in [-0.15, -0.1) is 35.3 Å². The van der Waals surface area contributed by atoms with Gasteiger partial charge in [0.1, 0.15) is 0 Å². The maximum Gasteiger partial charge on any atom is 0.193 e. The van der Waals surface area contributed by atoms with Crippen molar-refractivity contribution in [3.63, 3.8) is 0 Å². The van der Waals surface area contributed by atoms with Gasteiger partial charge in [-0.1, -0.05) is 43.3 Å². The molecule has 0 saturated carbocycles. The summed E-state index contributed by atoms with van der Waals surface area (Å²) in [5.74, 6) is 0.982. The Morgan fingerprint density at radius 1 is 1.31 bits per heavy atom. The first kappa shape index (κ1) is 20.9. The molecule has 0 bridgehead atoms. The molecule has 0 unspecified atom stereocenters. The van der Waals surface area contributed by atoms with Crippen LogP contribution in [-0.2, 0) is 12.8 Å². The van der Waals surface area contributed by atoms with E-state index in [1.54, 1.807) is 0 Å². The van der Waals surface area contributed by atoms with E-state index in [0.29, 0.717) is 0 Å². The number of aryl methyl sites for hydroxylation is 1. The molecule has 2 heterocycles. The van der Waals surface area contributed by atoms with E-state index in [4.69, 9.17) is 0 Å². The van der Waals surface area contributed by atoms with E-state index < -0.39 is 0 Å². The van der Waals surface area contributed by atoms with Crippen LogP contribution in [0.5, 0.6) is 0 Å². The van der Waals surface area contributed by atoms with Gasteiger partial charge in [-0.3, -0.25) is 4.99 Å². The summed E-state index contributed by atoms with van der Waals surface area (Å²) in [7, 11) is 1.86. The monoisotopic (exact) mass is 482 g/mol. The van der Waals surface area contributed by atoms with Gasteiger partial charge < -0.3 is 10.2 Å². The molecule has 1 N–H and O–H groups in total. The summed E-state index contributed by atoms with van der Waals surface area (Å²) in [5, 5.41) is 4.68. The molecule has 1 aliphatic heterocycles. The summed E-state index contributed by atoms with van der Waals surface area (Å²) >= 11 is 1.81. The first-order valence-corrected chi connectivity index (χ1v) is 9.75. The second kappa shape index (κ2) is 10.7. The molecule has 6 heteroatoms. The van der Waals surface area contributed by atoms with Crippen molar-refractivity contribution in [3.05, 3.63) is 58.1 Å². The number of aliphatic imine (C=N–C) groups is 1. The number of benzene rings is 1. The van der Waals surface area contributed by atoms with Gasteiger partial charge in [0.25, 0.3) is 0 Å². The summed E-state index contributed by atoms with van der Waals surface area (Å²) in [5.41, 5.74) is 2.77. The molecule has 1 aliphatic rings. The molecule has 4 nitrogen and oxygen atoms in total. The highest BCUT2D eigenvalue weighted by atomic mass is 127. The van der Waals surface area contributed by atoms with Gasteiger partial charge >= 0.3 is 0 Å². The Hall–Kier alpha value is -1.41. The molecule has 0 atom stereocenters. The van der Waals surface area contributed by atoms with Crippen LogP contribution in [0.3, 0.4) is 0 Å². The molecular formula is C20H27IN4S. The van der Waals surface area contributed by atoms with Crippen LogP contribution in [0.25, 0.3) is 5.57 Å². The molecule has 1 aromatic heterocycles. The first-order valence-electron chi connectivity index (χ1n) is 8.93. The van der Waals surface area contributed by atoms with E-state index in [1.165, 1.54) is 21.0 Å². The van der Waals surface area contributed by atoms with Crippen molar-refractivity contribution in [3.8, 4) is 0 Å². The van der Waals surface area contributed by atoms with Crippen molar-refractivity contribution in [2.45, 2.75) is 26.2 Å². The lowest BCUT2D eigenvalue weighted by atomic mass is 10.00. The van der Waals surface area contributed by atoms with Crippen LogP contribution >= 0.6 is 35.3 Å². The Morgan fingerprint density at radius 2 is 2.12 bits per heavy atom. The van der Waals surface area contributed by atoms with Gasteiger partial charge in [0.05, 0.1) is 5.01 Å². The zero-order chi connectivity index (χ0) is 17.5. The molecule has 0 amide bonds. The minimum Gasteiger partial charge on any atom is -0.356 e. The number of hydrogen-bond acceptors (Lipinski definition) is 3. The van der Waals surface area contributed by atoms with Crippen molar-refractivity contribution >= 4 is 46.8 Å². The maximum absolute atomic E-state index is 4.48. The van der Waals surface area contributed by atoms with Crippen molar-refractivity contribution in [2.24, 2.45) is 4.99 Å². The largest absolute Gasteiger partial charge is 0.356 e. The Kier molecular flexibility index (Phi) is 8.58. The van der Waals surface area contributed by atoms with Crippen LogP contribution < -0.4 is 5.32 Å². The summed E-state index contributed by atoms with van der Waals surface area (Å²) in [6.07, 6.45) is 7.38. The molecule has 2 aromatic rings. The Bertz CT molecular complexity index is 739. The van der Waals surface area contributed by atoms with Crippen LogP contribution in [0.15, 0.2) is 47.6 Å². The van der Waals surface area contributed by atoms with Crippen molar-refractivity contribution in [1.29, 1.82) is 0 Å².